The number of aryl methyl sites for hydroxylation is 1. The summed E-state index contributed by atoms with van der Waals surface area (Å²) in [6, 6.07) is 16.1. The van der Waals surface area contributed by atoms with Crippen molar-refractivity contribution in [3.05, 3.63) is 59.8 Å². The molecule has 0 spiro atoms. The Morgan fingerprint density at radius 1 is 0.892 bits per heavy atom. The van der Waals surface area contributed by atoms with E-state index in [1.54, 1.807) is 0 Å². The number of halogens is 1. The van der Waals surface area contributed by atoms with Crippen LogP contribution in [0.5, 0.6) is 0 Å². The van der Waals surface area contributed by atoms with Gasteiger partial charge in [-0.3, -0.25) is 4.68 Å². The molecule has 8 nitrogen and oxygen atoms in total. The van der Waals surface area contributed by atoms with E-state index in [1.165, 1.54) is 25.9 Å². The van der Waals surface area contributed by atoms with Gasteiger partial charge in [-0.1, -0.05) is 23.7 Å². The molecule has 4 aromatic rings. The van der Waals surface area contributed by atoms with Crippen molar-refractivity contribution in [2.45, 2.75) is 25.8 Å². The molecule has 0 bridgehead atoms. The van der Waals surface area contributed by atoms with Gasteiger partial charge in [0.1, 0.15) is 5.82 Å². The lowest BCUT2D eigenvalue weighted by molar-refractivity contribution is 0.122. The maximum Gasteiger partial charge on any atom is 0.228 e. The zero-order valence-electron chi connectivity index (χ0n) is 20.9. The molecule has 1 N–H and O–H groups in total. The summed E-state index contributed by atoms with van der Waals surface area (Å²) in [5.74, 6) is 1.45. The molecule has 9 heteroatoms. The van der Waals surface area contributed by atoms with Crippen molar-refractivity contribution in [2.75, 3.05) is 56.2 Å². The Bertz CT molecular complexity index is 1340. The maximum absolute atomic E-state index is 6.08. The summed E-state index contributed by atoms with van der Waals surface area (Å²) in [6.45, 7) is 7.40. The summed E-state index contributed by atoms with van der Waals surface area (Å²) >= 11 is 6.08. The van der Waals surface area contributed by atoms with E-state index in [0.717, 1.165) is 66.3 Å². The Kier molecular flexibility index (Phi) is 7.21. The zero-order valence-corrected chi connectivity index (χ0v) is 21.7. The molecule has 4 heterocycles. The van der Waals surface area contributed by atoms with Crippen LogP contribution >= 0.6 is 11.6 Å². The van der Waals surface area contributed by atoms with E-state index in [4.69, 9.17) is 26.3 Å². The monoisotopic (exact) mass is 517 g/mol. The number of morpholine rings is 1. The predicted octanol–water partition coefficient (Wildman–Crippen LogP) is 5.21. The first-order chi connectivity index (χ1) is 18.2. The molecule has 0 amide bonds. The Balaban J connectivity index is 1.30. The van der Waals surface area contributed by atoms with Crippen molar-refractivity contribution in [1.29, 1.82) is 0 Å². The molecular weight excluding hydrogens is 486 g/mol. The Labute approximate surface area is 222 Å². The molecule has 192 valence electrons. The number of likely N-dealkylation sites (tertiary alicyclic amines) is 1. The van der Waals surface area contributed by atoms with Crippen LogP contribution in [-0.2, 0) is 11.3 Å². The minimum absolute atomic E-state index is 0.677. The van der Waals surface area contributed by atoms with E-state index in [2.05, 4.69) is 43.1 Å². The lowest BCUT2D eigenvalue weighted by atomic mass is 10.1. The van der Waals surface area contributed by atoms with Crippen LogP contribution < -0.4 is 10.2 Å². The lowest BCUT2D eigenvalue weighted by Gasteiger charge is -2.27. The van der Waals surface area contributed by atoms with Crippen molar-refractivity contribution >= 4 is 40.0 Å². The number of anilines is 3. The second-order valence-corrected chi connectivity index (χ2v) is 10.1. The van der Waals surface area contributed by atoms with Crippen molar-refractivity contribution in [3.8, 4) is 11.3 Å². The van der Waals surface area contributed by atoms with Gasteiger partial charge in [0.2, 0.25) is 5.95 Å². The van der Waals surface area contributed by atoms with Gasteiger partial charge in [-0.05, 0) is 69.2 Å². The molecule has 2 saturated heterocycles. The van der Waals surface area contributed by atoms with Gasteiger partial charge in [0.05, 0.1) is 30.6 Å². The number of nitrogens with one attached hydrogen (secondary N) is 1. The lowest BCUT2D eigenvalue weighted by Crippen LogP contribution is -2.37. The SMILES string of the molecule is Clc1ccc(Nc2cc(-c3ccc4cnn(CCCN5CCCC5)c4c3)nc(N3CCOCC3)n2)cc1. The van der Waals surface area contributed by atoms with Gasteiger partial charge in [-0.25, -0.2) is 4.98 Å². The molecule has 2 fully saturated rings. The van der Waals surface area contributed by atoms with E-state index >= 15 is 0 Å². The first-order valence-corrected chi connectivity index (χ1v) is 13.5. The first kappa shape index (κ1) is 24.2. The summed E-state index contributed by atoms with van der Waals surface area (Å²) in [5.41, 5.74) is 3.98. The molecule has 0 aliphatic carbocycles. The highest BCUT2D eigenvalue weighted by atomic mass is 35.5. The average Bonchev–Trinajstić information content (AvgIpc) is 3.60. The van der Waals surface area contributed by atoms with Crippen LogP contribution in [0.4, 0.5) is 17.5 Å². The number of hydrogen-bond donors (Lipinski definition) is 1. The Morgan fingerprint density at radius 2 is 1.70 bits per heavy atom. The number of ether oxygens (including phenoxy) is 1. The fraction of sp³-hybridized carbons (Fsp3) is 0.393. The molecule has 37 heavy (non-hydrogen) atoms. The van der Waals surface area contributed by atoms with Gasteiger partial charge in [0, 0.05) is 47.4 Å². The third-order valence-electron chi connectivity index (χ3n) is 7.11. The minimum atomic E-state index is 0.677. The third-order valence-corrected chi connectivity index (χ3v) is 7.36. The van der Waals surface area contributed by atoms with Crippen LogP contribution in [0, 0.1) is 0 Å². The molecule has 0 radical (unpaired) electrons. The number of benzene rings is 2. The zero-order chi connectivity index (χ0) is 25.0. The van der Waals surface area contributed by atoms with Crippen molar-refractivity contribution in [1.82, 2.24) is 24.6 Å². The summed E-state index contributed by atoms with van der Waals surface area (Å²) in [7, 11) is 0. The quantitative estimate of drug-likeness (QED) is 0.344. The van der Waals surface area contributed by atoms with Crippen LogP contribution in [0.3, 0.4) is 0 Å². The maximum atomic E-state index is 6.08. The van der Waals surface area contributed by atoms with Gasteiger partial charge in [0.15, 0.2) is 0 Å². The van der Waals surface area contributed by atoms with Crippen LogP contribution in [0.1, 0.15) is 19.3 Å². The van der Waals surface area contributed by atoms with E-state index in [1.807, 2.05) is 36.5 Å². The van der Waals surface area contributed by atoms with E-state index in [-0.39, 0.29) is 0 Å². The fourth-order valence-corrected chi connectivity index (χ4v) is 5.22. The summed E-state index contributed by atoms with van der Waals surface area (Å²) in [4.78, 5) is 14.6. The van der Waals surface area contributed by atoms with Crippen molar-refractivity contribution in [3.63, 3.8) is 0 Å². The molecule has 2 aliphatic heterocycles. The van der Waals surface area contributed by atoms with Gasteiger partial charge in [0.25, 0.3) is 0 Å². The second-order valence-electron chi connectivity index (χ2n) is 9.71. The Hall–Kier alpha value is -3.20. The van der Waals surface area contributed by atoms with E-state index in [9.17, 15) is 0 Å². The molecule has 6 rings (SSSR count). The van der Waals surface area contributed by atoms with Crippen molar-refractivity contribution < 1.29 is 4.74 Å². The predicted molar refractivity (Wildman–Crippen MR) is 149 cm³/mol. The standard InChI is InChI=1S/C28H32ClN7O/c29-23-6-8-24(9-7-23)31-27-19-25(32-28(33-27)35-14-16-37-17-15-35)21-4-5-22-20-30-36(26(22)18-21)13-3-12-34-10-1-2-11-34/h4-9,18-20H,1-3,10-17H2,(H,31,32,33). The smallest absolute Gasteiger partial charge is 0.228 e. The minimum Gasteiger partial charge on any atom is -0.378 e. The highest BCUT2D eigenvalue weighted by Crippen LogP contribution is 2.28. The molecule has 0 atom stereocenters. The van der Waals surface area contributed by atoms with Crippen LogP contribution in [-0.4, -0.2) is 70.6 Å². The summed E-state index contributed by atoms with van der Waals surface area (Å²) in [5, 5.41) is 9.96. The third kappa shape index (κ3) is 5.71. The number of aromatic nitrogens is 4. The van der Waals surface area contributed by atoms with E-state index in [0.29, 0.717) is 24.2 Å². The molecule has 0 saturated carbocycles. The van der Waals surface area contributed by atoms with E-state index < -0.39 is 0 Å². The molecule has 2 aromatic carbocycles. The number of fused-ring (bicyclic) bond motifs is 1. The second kappa shape index (κ2) is 11.0. The van der Waals surface area contributed by atoms with Gasteiger partial charge in [-0.15, -0.1) is 0 Å². The van der Waals surface area contributed by atoms with Crippen molar-refractivity contribution in [2.24, 2.45) is 0 Å². The number of hydrogen-bond acceptors (Lipinski definition) is 7. The number of nitrogens with zero attached hydrogens (tertiary/aromatic N) is 6. The van der Waals surface area contributed by atoms with Crippen LogP contribution in [0.15, 0.2) is 54.7 Å². The summed E-state index contributed by atoms with van der Waals surface area (Å²) < 4.78 is 7.68. The largest absolute Gasteiger partial charge is 0.378 e. The molecule has 0 unspecified atom stereocenters. The van der Waals surface area contributed by atoms with Gasteiger partial charge < -0.3 is 19.9 Å². The topological polar surface area (TPSA) is 71.3 Å². The van der Waals surface area contributed by atoms with Gasteiger partial charge >= 0.3 is 0 Å². The van der Waals surface area contributed by atoms with Gasteiger partial charge in [-0.2, -0.15) is 10.1 Å². The molecule has 2 aromatic heterocycles. The number of rotatable bonds is 8. The molecule has 2 aliphatic rings. The van der Waals surface area contributed by atoms with Crippen LogP contribution in [0.25, 0.3) is 22.2 Å². The average molecular weight is 518 g/mol. The molecular formula is C28H32ClN7O. The Morgan fingerprint density at radius 3 is 2.51 bits per heavy atom. The fourth-order valence-electron chi connectivity index (χ4n) is 5.09. The highest BCUT2D eigenvalue weighted by molar-refractivity contribution is 6.30. The normalized spacial score (nSPS) is 16.5. The summed E-state index contributed by atoms with van der Waals surface area (Å²) in [6.07, 6.45) is 5.72. The first-order valence-electron chi connectivity index (χ1n) is 13.1. The highest BCUT2D eigenvalue weighted by Gasteiger charge is 2.17. The van der Waals surface area contributed by atoms with Crippen LogP contribution in [0.2, 0.25) is 5.02 Å².